The molecule has 21 heavy (non-hydrogen) atoms. The molecular formula is C16H17N3OS. The van der Waals surface area contributed by atoms with Crippen molar-refractivity contribution in [3.05, 3.63) is 51.5 Å². The zero-order valence-electron chi connectivity index (χ0n) is 12.0. The van der Waals surface area contributed by atoms with Crippen molar-refractivity contribution in [2.24, 2.45) is 5.73 Å². The lowest BCUT2D eigenvalue weighted by atomic mass is 10.1. The number of nitrogens with zero attached hydrogens (tertiary/aromatic N) is 1. The Bertz CT molecular complexity index is 683. The van der Waals surface area contributed by atoms with E-state index in [-0.39, 0.29) is 11.9 Å². The predicted octanol–water partition coefficient (Wildman–Crippen LogP) is 2.25. The molecule has 0 aliphatic carbocycles. The van der Waals surface area contributed by atoms with Crippen molar-refractivity contribution in [3.8, 4) is 11.8 Å². The molecule has 0 radical (unpaired) electrons. The highest BCUT2D eigenvalue weighted by molar-refractivity contribution is 7.09. The van der Waals surface area contributed by atoms with Gasteiger partial charge >= 0.3 is 0 Å². The molecule has 0 saturated carbocycles. The predicted molar refractivity (Wildman–Crippen MR) is 85.1 cm³/mol. The molecule has 4 nitrogen and oxygen atoms in total. The van der Waals surface area contributed by atoms with E-state index in [1.54, 1.807) is 12.3 Å². The van der Waals surface area contributed by atoms with Gasteiger partial charge in [-0.25, -0.2) is 4.98 Å². The molecule has 0 spiro atoms. The Morgan fingerprint density at radius 2 is 2.29 bits per heavy atom. The summed E-state index contributed by atoms with van der Waals surface area (Å²) in [5, 5.41) is 5.73. The van der Waals surface area contributed by atoms with Crippen LogP contribution in [-0.4, -0.2) is 17.4 Å². The summed E-state index contributed by atoms with van der Waals surface area (Å²) in [6.45, 7) is 4.16. The summed E-state index contributed by atoms with van der Waals surface area (Å²) in [7, 11) is 0. The van der Waals surface area contributed by atoms with Crippen LogP contribution in [0.25, 0.3) is 0 Å². The SMILES string of the molecule is Cc1cc(C#CCN)cc(C(=O)NC(C)c2nccs2)c1. The molecule has 0 aliphatic heterocycles. The Morgan fingerprint density at radius 3 is 2.95 bits per heavy atom. The third kappa shape index (κ3) is 4.15. The quantitative estimate of drug-likeness (QED) is 0.854. The van der Waals surface area contributed by atoms with Crippen LogP contribution in [0.4, 0.5) is 0 Å². The van der Waals surface area contributed by atoms with Crippen molar-refractivity contribution in [3.63, 3.8) is 0 Å². The molecule has 0 saturated heterocycles. The van der Waals surface area contributed by atoms with Crippen molar-refractivity contribution < 1.29 is 4.79 Å². The van der Waals surface area contributed by atoms with Gasteiger partial charge in [0.05, 0.1) is 12.6 Å². The highest BCUT2D eigenvalue weighted by Gasteiger charge is 2.13. The van der Waals surface area contributed by atoms with Crippen LogP contribution in [0.2, 0.25) is 0 Å². The molecule has 108 valence electrons. The maximum atomic E-state index is 12.3. The van der Waals surface area contributed by atoms with Gasteiger partial charge in [0.1, 0.15) is 5.01 Å². The van der Waals surface area contributed by atoms with Crippen LogP contribution in [-0.2, 0) is 0 Å². The molecule has 1 amide bonds. The number of hydrogen-bond acceptors (Lipinski definition) is 4. The molecule has 1 atom stereocenters. The second kappa shape index (κ2) is 7.02. The van der Waals surface area contributed by atoms with Gasteiger partial charge in [-0.15, -0.1) is 11.3 Å². The van der Waals surface area contributed by atoms with Crippen molar-refractivity contribution in [1.29, 1.82) is 0 Å². The summed E-state index contributed by atoms with van der Waals surface area (Å²) >= 11 is 1.52. The van der Waals surface area contributed by atoms with Crippen molar-refractivity contribution in [2.75, 3.05) is 6.54 Å². The zero-order valence-corrected chi connectivity index (χ0v) is 12.8. The minimum atomic E-state index is -0.128. The average molecular weight is 299 g/mol. The fraction of sp³-hybridized carbons (Fsp3) is 0.250. The minimum Gasteiger partial charge on any atom is -0.343 e. The summed E-state index contributed by atoms with van der Waals surface area (Å²) in [4.78, 5) is 16.5. The fourth-order valence-corrected chi connectivity index (χ4v) is 2.58. The molecule has 0 aliphatic rings. The molecule has 0 fully saturated rings. The number of hydrogen-bond donors (Lipinski definition) is 2. The molecule has 3 N–H and O–H groups in total. The Labute approximate surface area is 128 Å². The summed E-state index contributed by atoms with van der Waals surface area (Å²) in [6.07, 6.45) is 1.73. The molecule has 1 unspecified atom stereocenters. The van der Waals surface area contributed by atoms with Crippen molar-refractivity contribution in [1.82, 2.24) is 10.3 Å². The van der Waals surface area contributed by atoms with Crippen LogP contribution < -0.4 is 11.1 Å². The average Bonchev–Trinajstić information content (AvgIpc) is 2.98. The van der Waals surface area contributed by atoms with E-state index < -0.39 is 0 Å². The van der Waals surface area contributed by atoms with Gasteiger partial charge in [0.15, 0.2) is 0 Å². The van der Waals surface area contributed by atoms with E-state index in [0.717, 1.165) is 16.1 Å². The van der Waals surface area contributed by atoms with E-state index in [2.05, 4.69) is 22.1 Å². The first kappa shape index (κ1) is 15.2. The minimum absolute atomic E-state index is 0.114. The molecule has 1 aromatic heterocycles. The van der Waals surface area contributed by atoms with Crippen molar-refractivity contribution >= 4 is 17.2 Å². The number of thiazole rings is 1. The van der Waals surface area contributed by atoms with E-state index in [9.17, 15) is 4.79 Å². The van der Waals surface area contributed by atoms with E-state index in [1.165, 1.54) is 11.3 Å². The normalized spacial score (nSPS) is 11.4. The molecule has 5 heteroatoms. The Morgan fingerprint density at radius 1 is 1.48 bits per heavy atom. The summed E-state index contributed by atoms with van der Waals surface area (Å²) in [5.41, 5.74) is 7.76. The maximum absolute atomic E-state index is 12.3. The van der Waals surface area contributed by atoms with Crippen LogP contribution in [0.1, 0.15) is 39.5 Å². The van der Waals surface area contributed by atoms with E-state index in [0.29, 0.717) is 12.1 Å². The number of rotatable bonds is 3. The number of amides is 1. The second-order valence-corrected chi connectivity index (χ2v) is 5.59. The molecule has 2 aromatic rings. The topological polar surface area (TPSA) is 68.0 Å². The maximum Gasteiger partial charge on any atom is 0.251 e. The zero-order chi connectivity index (χ0) is 15.2. The highest BCUT2D eigenvalue weighted by atomic mass is 32.1. The van der Waals surface area contributed by atoms with Crippen LogP contribution in [0.5, 0.6) is 0 Å². The largest absolute Gasteiger partial charge is 0.343 e. The lowest BCUT2D eigenvalue weighted by molar-refractivity contribution is 0.0939. The smallest absolute Gasteiger partial charge is 0.251 e. The van der Waals surface area contributed by atoms with Gasteiger partial charge in [0, 0.05) is 22.7 Å². The van der Waals surface area contributed by atoms with Crippen LogP contribution in [0, 0.1) is 18.8 Å². The summed E-state index contributed by atoms with van der Waals surface area (Å²) in [5.74, 6) is 5.63. The highest BCUT2D eigenvalue weighted by Crippen LogP contribution is 2.16. The number of carbonyl (C=O) groups is 1. The number of aromatic nitrogens is 1. The van der Waals surface area contributed by atoms with Crippen LogP contribution >= 0.6 is 11.3 Å². The first-order valence-corrected chi connectivity index (χ1v) is 7.49. The second-order valence-electron chi connectivity index (χ2n) is 4.66. The molecule has 0 bridgehead atoms. The van der Waals surface area contributed by atoms with Crippen molar-refractivity contribution in [2.45, 2.75) is 19.9 Å². The number of nitrogens with one attached hydrogen (secondary N) is 1. The number of benzene rings is 1. The van der Waals surface area contributed by atoms with Gasteiger partial charge in [-0.3, -0.25) is 4.79 Å². The Hall–Kier alpha value is -2.16. The number of aryl methyl sites for hydroxylation is 1. The van der Waals surface area contributed by atoms with E-state index in [1.807, 2.05) is 31.4 Å². The Balaban J connectivity index is 2.17. The first-order valence-electron chi connectivity index (χ1n) is 6.61. The molecule has 2 rings (SSSR count). The molecule has 1 aromatic carbocycles. The fourth-order valence-electron chi connectivity index (χ4n) is 1.93. The lowest BCUT2D eigenvalue weighted by Crippen LogP contribution is -2.26. The van der Waals surface area contributed by atoms with Gasteiger partial charge < -0.3 is 11.1 Å². The van der Waals surface area contributed by atoms with Gasteiger partial charge in [0.2, 0.25) is 0 Å². The lowest BCUT2D eigenvalue weighted by Gasteiger charge is -2.12. The Kier molecular flexibility index (Phi) is 5.09. The number of nitrogens with two attached hydrogens (primary N) is 1. The van der Waals surface area contributed by atoms with E-state index in [4.69, 9.17) is 5.73 Å². The van der Waals surface area contributed by atoms with Crippen LogP contribution in [0.15, 0.2) is 29.8 Å². The van der Waals surface area contributed by atoms with Gasteiger partial charge in [-0.05, 0) is 37.6 Å². The van der Waals surface area contributed by atoms with E-state index >= 15 is 0 Å². The standard InChI is InChI=1S/C16H17N3OS/c1-11-8-13(4-3-5-17)10-14(9-11)15(20)19-12(2)16-18-6-7-21-16/h6-10,12H,5,17H2,1-2H3,(H,19,20). The third-order valence-electron chi connectivity index (χ3n) is 2.84. The van der Waals surface area contributed by atoms with Gasteiger partial charge in [-0.1, -0.05) is 11.8 Å². The van der Waals surface area contributed by atoms with Crippen LogP contribution in [0.3, 0.4) is 0 Å². The number of carbonyl (C=O) groups excluding carboxylic acids is 1. The molecule has 1 heterocycles. The summed E-state index contributed by atoms with van der Waals surface area (Å²) in [6, 6.07) is 5.44. The van der Waals surface area contributed by atoms with Gasteiger partial charge in [-0.2, -0.15) is 0 Å². The third-order valence-corrected chi connectivity index (χ3v) is 3.80. The monoisotopic (exact) mass is 299 g/mol. The first-order chi connectivity index (χ1) is 10.1. The molecular weight excluding hydrogens is 282 g/mol. The van der Waals surface area contributed by atoms with Gasteiger partial charge in [0.25, 0.3) is 5.91 Å². The summed E-state index contributed by atoms with van der Waals surface area (Å²) < 4.78 is 0.